The minimum atomic E-state index is 0.479. The summed E-state index contributed by atoms with van der Waals surface area (Å²) in [5.41, 5.74) is 1.65. The first kappa shape index (κ1) is 12.1. The number of nitrogens with zero attached hydrogens (tertiary/aromatic N) is 2. The number of benzene rings is 1. The van der Waals surface area contributed by atoms with E-state index in [9.17, 15) is 0 Å². The van der Waals surface area contributed by atoms with Crippen molar-refractivity contribution in [3.05, 3.63) is 34.5 Å². The van der Waals surface area contributed by atoms with E-state index in [-0.39, 0.29) is 0 Å². The Balaban J connectivity index is 3.17. The molecule has 0 aliphatic heterocycles. The van der Waals surface area contributed by atoms with Gasteiger partial charge in [0.15, 0.2) is 0 Å². The monoisotopic (exact) mass is 242 g/mol. The topological polar surface area (TPSA) is 15.6 Å². The summed E-state index contributed by atoms with van der Waals surface area (Å²) < 4.78 is 0. The highest BCUT2D eigenvalue weighted by Gasteiger charge is 2.10. The van der Waals surface area contributed by atoms with Crippen molar-refractivity contribution >= 4 is 41.3 Å². The Morgan fingerprint density at radius 3 is 2.47 bits per heavy atom. The van der Waals surface area contributed by atoms with Crippen molar-refractivity contribution in [3.8, 4) is 0 Å². The summed E-state index contributed by atoms with van der Waals surface area (Å²) in [5, 5.41) is 1.02. The first-order chi connectivity index (χ1) is 7.07. The van der Waals surface area contributed by atoms with E-state index in [0.29, 0.717) is 10.2 Å². The lowest BCUT2D eigenvalue weighted by Crippen LogP contribution is -2.13. The van der Waals surface area contributed by atoms with Gasteiger partial charge in [0.05, 0.1) is 16.4 Å². The highest BCUT2D eigenvalue weighted by molar-refractivity contribution is 6.39. The van der Waals surface area contributed by atoms with Gasteiger partial charge in [0.2, 0.25) is 0 Å². The Kier molecular flexibility index (Phi) is 4.18. The number of hydrogen-bond donors (Lipinski definition) is 0. The molecular formula is C11H12Cl2N2. The van der Waals surface area contributed by atoms with Crippen LogP contribution in [0.25, 0.3) is 0 Å². The van der Waals surface area contributed by atoms with Crippen LogP contribution in [0, 0.1) is 0 Å². The highest BCUT2D eigenvalue weighted by Crippen LogP contribution is 2.31. The van der Waals surface area contributed by atoms with E-state index in [1.54, 1.807) is 11.8 Å². The number of hydrogen-bond acceptors (Lipinski definition) is 2. The molecule has 0 spiro atoms. The van der Waals surface area contributed by atoms with E-state index < -0.39 is 0 Å². The van der Waals surface area contributed by atoms with Crippen LogP contribution < -0.4 is 4.90 Å². The quantitative estimate of drug-likeness (QED) is 0.575. The molecule has 0 saturated heterocycles. The zero-order valence-corrected chi connectivity index (χ0v) is 10.2. The number of rotatable bonds is 3. The molecule has 0 radical (unpaired) electrons. The largest absolute Gasteiger partial charge is 0.333 e. The number of aliphatic imine (C=N–C) groups is 1. The Morgan fingerprint density at radius 2 is 1.93 bits per heavy atom. The maximum Gasteiger partial charge on any atom is 0.123 e. The fraction of sp³-hybridized carbons (Fsp3) is 0.182. The van der Waals surface area contributed by atoms with Crippen molar-refractivity contribution in [2.24, 2.45) is 4.99 Å². The van der Waals surface area contributed by atoms with Crippen LogP contribution >= 0.6 is 23.2 Å². The molecule has 0 aromatic heterocycles. The zero-order chi connectivity index (χ0) is 11.4. The van der Waals surface area contributed by atoms with E-state index in [4.69, 9.17) is 23.2 Å². The molecule has 1 aromatic carbocycles. The number of allylic oxidation sites excluding steroid dienone is 1. The second kappa shape index (κ2) is 5.19. The molecule has 0 bridgehead atoms. The molecule has 4 heteroatoms. The Morgan fingerprint density at radius 1 is 1.33 bits per heavy atom. The Labute approximate surface area is 99.8 Å². The fourth-order valence-electron chi connectivity index (χ4n) is 1.22. The standard InChI is InChI=1S/C11H12Cl2N2/c1-8(12)11(13)15(3)10-7-5-4-6-9(10)14-2/h4-7H,2H2,1,3H3. The van der Waals surface area contributed by atoms with Gasteiger partial charge in [-0.2, -0.15) is 0 Å². The summed E-state index contributed by atoms with van der Waals surface area (Å²) in [6, 6.07) is 7.58. The minimum Gasteiger partial charge on any atom is -0.333 e. The maximum absolute atomic E-state index is 6.04. The van der Waals surface area contributed by atoms with Gasteiger partial charge in [-0.25, -0.2) is 0 Å². The molecule has 0 N–H and O–H groups in total. The highest BCUT2D eigenvalue weighted by atomic mass is 35.5. The normalized spacial score (nSPS) is 12.0. The van der Waals surface area contributed by atoms with E-state index in [1.165, 1.54) is 0 Å². The van der Waals surface area contributed by atoms with Crippen LogP contribution in [0.1, 0.15) is 6.92 Å². The maximum atomic E-state index is 6.04. The number of halogens is 2. The third-order valence-electron chi connectivity index (χ3n) is 1.99. The summed E-state index contributed by atoms with van der Waals surface area (Å²) in [6.07, 6.45) is 0. The van der Waals surface area contributed by atoms with Crippen molar-refractivity contribution in [1.29, 1.82) is 0 Å². The second-order valence-corrected chi connectivity index (χ2v) is 3.96. The predicted octanol–water partition coefficient (Wildman–Crippen LogP) is 4.12. The van der Waals surface area contributed by atoms with E-state index >= 15 is 0 Å². The van der Waals surface area contributed by atoms with Crippen molar-refractivity contribution < 1.29 is 0 Å². The first-order valence-corrected chi connectivity index (χ1v) is 5.15. The van der Waals surface area contributed by atoms with Crippen LogP contribution in [-0.4, -0.2) is 13.8 Å². The average molecular weight is 243 g/mol. The molecular weight excluding hydrogens is 231 g/mol. The molecule has 0 heterocycles. The van der Waals surface area contributed by atoms with Gasteiger partial charge >= 0.3 is 0 Å². The fourth-order valence-corrected chi connectivity index (χ4v) is 1.44. The smallest absolute Gasteiger partial charge is 0.123 e. The van der Waals surface area contributed by atoms with Crippen LogP contribution in [0.4, 0.5) is 11.4 Å². The second-order valence-electron chi connectivity index (χ2n) is 3.03. The molecule has 80 valence electrons. The van der Waals surface area contributed by atoms with Gasteiger partial charge in [0.1, 0.15) is 5.16 Å². The third-order valence-corrected chi connectivity index (χ3v) is 2.80. The molecule has 0 amide bonds. The van der Waals surface area contributed by atoms with Gasteiger partial charge in [0.25, 0.3) is 0 Å². The molecule has 0 aliphatic rings. The molecule has 0 aliphatic carbocycles. The van der Waals surface area contributed by atoms with Crippen LogP contribution in [-0.2, 0) is 0 Å². The van der Waals surface area contributed by atoms with Crippen molar-refractivity contribution in [1.82, 2.24) is 0 Å². The predicted molar refractivity (Wildman–Crippen MR) is 68.5 cm³/mol. The summed E-state index contributed by atoms with van der Waals surface area (Å²) in [6.45, 7) is 5.25. The van der Waals surface area contributed by atoms with Crippen LogP contribution in [0.5, 0.6) is 0 Å². The van der Waals surface area contributed by atoms with Gasteiger partial charge in [-0.1, -0.05) is 35.3 Å². The van der Waals surface area contributed by atoms with Crippen LogP contribution in [0.3, 0.4) is 0 Å². The zero-order valence-electron chi connectivity index (χ0n) is 8.67. The van der Waals surface area contributed by atoms with Gasteiger partial charge < -0.3 is 4.90 Å². The molecule has 0 fully saturated rings. The van der Waals surface area contributed by atoms with Crippen molar-refractivity contribution in [3.63, 3.8) is 0 Å². The lowest BCUT2D eigenvalue weighted by molar-refractivity contribution is 1.16. The average Bonchev–Trinajstić information content (AvgIpc) is 2.26. The van der Waals surface area contributed by atoms with E-state index in [0.717, 1.165) is 11.4 Å². The Hall–Kier alpha value is -0.990. The molecule has 1 rings (SSSR count). The summed E-state index contributed by atoms with van der Waals surface area (Å²) in [5.74, 6) is 0. The summed E-state index contributed by atoms with van der Waals surface area (Å²) in [7, 11) is 1.83. The van der Waals surface area contributed by atoms with Crippen LogP contribution in [0.15, 0.2) is 39.4 Å². The molecule has 1 aromatic rings. The van der Waals surface area contributed by atoms with Crippen molar-refractivity contribution in [2.45, 2.75) is 6.92 Å². The van der Waals surface area contributed by atoms with Gasteiger partial charge in [-0.3, -0.25) is 4.99 Å². The van der Waals surface area contributed by atoms with Gasteiger partial charge in [-0.15, -0.1) is 0 Å². The lowest BCUT2D eigenvalue weighted by Gasteiger charge is -2.20. The molecule has 0 unspecified atom stereocenters. The SMILES string of the molecule is C=Nc1ccccc1N(C)C(Cl)=C(C)Cl. The number of para-hydroxylation sites is 2. The lowest BCUT2D eigenvalue weighted by atomic mass is 10.2. The summed E-state index contributed by atoms with van der Waals surface area (Å²) >= 11 is 11.9. The third kappa shape index (κ3) is 2.74. The molecule has 2 nitrogen and oxygen atoms in total. The first-order valence-electron chi connectivity index (χ1n) is 4.39. The molecule has 0 saturated carbocycles. The van der Waals surface area contributed by atoms with E-state index in [2.05, 4.69) is 11.7 Å². The molecule has 0 atom stereocenters. The molecule has 15 heavy (non-hydrogen) atoms. The van der Waals surface area contributed by atoms with Crippen LogP contribution in [0.2, 0.25) is 0 Å². The van der Waals surface area contributed by atoms with Crippen molar-refractivity contribution in [2.75, 3.05) is 11.9 Å². The number of anilines is 1. The van der Waals surface area contributed by atoms with Gasteiger partial charge in [0, 0.05) is 7.05 Å². The van der Waals surface area contributed by atoms with E-state index in [1.807, 2.05) is 31.3 Å². The van der Waals surface area contributed by atoms with Gasteiger partial charge in [-0.05, 0) is 25.8 Å². The summed E-state index contributed by atoms with van der Waals surface area (Å²) in [4.78, 5) is 5.69. The minimum absolute atomic E-state index is 0.479. The Bertz CT molecular complexity index is 395.